The van der Waals surface area contributed by atoms with Crippen molar-refractivity contribution in [2.45, 2.75) is 58.0 Å². The maximum absolute atomic E-state index is 12.4. The summed E-state index contributed by atoms with van der Waals surface area (Å²) in [7, 11) is 0. The summed E-state index contributed by atoms with van der Waals surface area (Å²) in [4.78, 5) is 23.6. The first-order chi connectivity index (χ1) is 9.63. The van der Waals surface area contributed by atoms with Crippen molar-refractivity contribution in [1.82, 2.24) is 0 Å². The van der Waals surface area contributed by atoms with E-state index in [2.05, 4.69) is 6.08 Å². The molecular weight excluding hydrogens is 252 g/mol. The van der Waals surface area contributed by atoms with Gasteiger partial charge in [-0.05, 0) is 38.2 Å². The van der Waals surface area contributed by atoms with E-state index in [-0.39, 0.29) is 23.8 Å². The Morgan fingerprint density at radius 3 is 2.95 bits per heavy atom. The minimum Gasteiger partial charge on any atom is -0.462 e. The SMILES string of the molecule is CC(=O)O[C@H]1CC=C2C[C@@H](C1)C(=O)C=C1CCCC[C@@H]12. The lowest BCUT2D eigenvalue weighted by Crippen LogP contribution is -2.22. The fourth-order valence-corrected chi connectivity index (χ4v) is 3.91. The van der Waals surface area contributed by atoms with Crippen LogP contribution in [0.2, 0.25) is 0 Å². The quantitative estimate of drug-likeness (QED) is 0.544. The van der Waals surface area contributed by atoms with E-state index in [0.29, 0.717) is 12.3 Å². The smallest absolute Gasteiger partial charge is 0.302 e. The van der Waals surface area contributed by atoms with Gasteiger partial charge in [0.25, 0.3) is 0 Å². The molecule has 0 heterocycles. The van der Waals surface area contributed by atoms with Crippen molar-refractivity contribution in [1.29, 1.82) is 0 Å². The van der Waals surface area contributed by atoms with Gasteiger partial charge in [0.05, 0.1) is 0 Å². The van der Waals surface area contributed by atoms with E-state index < -0.39 is 0 Å². The Kier molecular flexibility index (Phi) is 3.77. The lowest BCUT2D eigenvalue weighted by molar-refractivity contribution is -0.147. The van der Waals surface area contributed by atoms with Crippen molar-refractivity contribution in [2.24, 2.45) is 11.8 Å². The number of rotatable bonds is 1. The second-order valence-corrected chi connectivity index (χ2v) is 6.30. The highest BCUT2D eigenvalue weighted by atomic mass is 16.5. The maximum Gasteiger partial charge on any atom is 0.302 e. The van der Waals surface area contributed by atoms with E-state index in [4.69, 9.17) is 4.74 Å². The average Bonchev–Trinajstić information content (AvgIpc) is 2.68. The first-order valence-corrected chi connectivity index (χ1v) is 7.74. The number of hydrogen-bond donors (Lipinski definition) is 0. The lowest BCUT2D eigenvalue weighted by Gasteiger charge is -2.26. The molecule has 0 spiro atoms. The van der Waals surface area contributed by atoms with E-state index in [1.54, 1.807) is 0 Å². The van der Waals surface area contributed by atoms with Gasteiger partial charge in [0.15, 0.2) is 5.78 Å². The summed E-state index contributed by atoms with van der Waals surface area (Å²) in [6.07, 6.45) is 11.1. The van der Waals surface area contributed by atoms with Gasteiger partial charge < -0.3 is 4.74 Å². The van der Waals surface area contributed by atoms with Crippen molar-refractivity contribution < 1.29 is 14.3 Å². The molecule has 0 amide bonds. The highest BCUT2D eigenvalue weighted by Crippen LogP contribution is 2.42. The fraction of sp³-hybridized carbons (Fsp3) is 0.647. The third-order valence-corrected chi connectivity index (χ3v) is 4.84. The topological polar surface area (TPSA) is 43.4 Å². The Balaban J connectivity index is 1.87. The molecule has 108 valence electrons. The largest absolute Gasteiger partial charge is 0.462 e. The molecule has 0 radical (unpaired) electrons. The molecule has 0 aliphatic heterocycles. The van der Waals surface area contributed by atoms with Gasteiger partial charge in [0.1, 0.15) is 6.10 Å². The van der Waals surface area contributed by atoms with Crippen LogP contribution in [0.3, 0.4) is 0 Å². The zero-order valence-corrected chi connectivity index (χ0v) is 12.1. The van der Waals surface area contributed by atoms with Crippen LogP contribution in [0.25, 0.3) is 0 Å². The van der Waals surface area contributed by atoms with Gasteiger partial charge in [-0.3, -0.25) is 9.59 Å². The molecule has 3 atom stereocenters. The molecule has 3 aliphatic carbocycles. The first kappa shape index (κ1) is 13.6. The molecule has 2 bridgehead atoms. The minimum atomic E-state index is -0.246. The molecule has 0 aromatic heterocycles. The standard InChI is InChI=1S/C17H22O3/c1-11(18)20-15-7-6-13-8-14(9-15)17(19)10-12-4-2-3-5-16(12)13/h6,10,14-16H,2-5,7-9H2,1H3/t14-,15-,16-/m0/s1. The molecule has 0 aromatic carbocycles. The van der Waals surface area contributed by atoms with Crippen LogP contribution in [0.5, 0.6) is 0 Å². The van der Waals surface area contributed by atoms with Gasteiger partial charge in [0, 0.05) is 25.2 Å². The Morgan fingerprint density at radius 1 is 1.30 bits per heavy atom. The van der Waals surface area contributed by atoms with E-state index in [0.717, 1.165) is 19.3 Å². The zero-order valence-electron chi connectivity index (χ0n) is 12.1. The van der Waals surface area contributed by atoms with Gasteiger partial charge in [-0.25, -0.2) is 0 Å². The Hall–Kier alpha value is -1.38. The van der Waals surface area contributed by atoms with Crippen LogP contribution in [0.1, 0.15) is 51.9 Å². The summed E-state index contributed by atoms with van der Waals surface area (Å²) in [5, 5.41) is 0. The minimum absolute atomic E-state index is 0.00574. The molecule has 3 heteroatoms. The van der Waals surface area contributed by atoms with Crippen molar-refractivity contribution in [2.75, 3.05) is 0 Å². The summed E-state index contributed by atoms with van der Waals surface area (Å²) >= 11 is 0. The third-order valence-electron chi connectivity index (χ3n) is 4.84. The molecule has 20 heavy (non-hydrogen) atoms. The van der Waals surface area contributed by atoms with Crippen LogP contribution in [-0.4, -0.2) is 17.9 Å². The molecular formula is C17H22O3. The summed E-state index contributed by atoms with van der Waals surface area (Å²) in [5.74, 6) is 0.485. The Bertz CT molecular complexity index is 486. The lowest BCUT2D eigenvalue weighted by atomic mass is 9.79. The Labute approximate surface area is 120 Å². The summed E-state index contributed by atoms with van der Waals surface area (Å²) in [6, 6.07) is 0. The Morgan fingerprint density at radius 2 is 2.15 bits per heavy atom. The summed E-state index contributed by atoms with van der Waals surface area (Å²) in [6.45, 7) is 1.44. The van der Waals surface area contributed by atoms with Crippen molar-refractivity contribution in [3.63, 3.8) is 0 Å². The number of allylic oxidation sites excluding steroid dienone is 3. The van der Waals surface area contributed by atoms with E-state index in [9.17, 15) is 9.59 Å². The van der Waals surface area contributed by atoms with Crippen molar-refractivity contribution in [3.8, 4) is 0 Å². The van der Waals surface area contributed by atoms with Crippen molar-refractivity contribution in [3.05, 3.63) is 23.3 Å². The molecule has 3 nitrogen and oxygen atoms in total. The second-order valence-electron chi connectivity index (χ2n) is 6.30. The summed E-state index contributed by atoms with van der Waals surface area (Å²) < 4.78 is 5.35. The number of hydrogen-bond acceptors (Lipinski definition) is 3. The molecule has 1 saturated carbocycles. The van der Waals surface area contributed by atoms with E-state index in [1.165, 1.54) is 37.3 Å². The molecule has 3 rings (SSSR count). The van der Waals surface area contributed by atoms with Gasteiger partial charge in [-0.15, -0.1) is 0 Å². The normalized spacial score (nSPS) is 33.2. The summed E-state index contributed by atoms with van der Waals surface area (Å²) in [5.41, 5.74) is 2.77. The monoisotopic (exact) mass is 274 g/mol. The van der Waals surface area contributed by atoms with Crippen LogP contribution in [0.15, 0.2) is 23.3 Å². The number of fused-ring (bicyclic) bond motifs is 4. The highest BCUT2D eigenvalue weighted by molar-refractivity contribution is 5.93. The van der Waals surface area contributed by atoms with E-state index >= 15 is 0 Å². The number of ketones is 1. The zero-order chi connectivity index (χ0) is 14.1. The number of esters is 1. The molecule has 3 aliphatic rings. The molecule has 0 saturated heterocycles. The van der Waals surface area contributed by atoms with Gasteiger partial charge in [-0.1, -0.05) is 23.6 Å². The molecule has 0 unspecified atom stereocenters. The van der Waals surface area contributed by atoms with Gasteiger partial charge in [0.2, 0.25) is 0 Å². The number of carbonyl (C=O) groups is 2. The van der Waals surface area contributed by atoms with Crippen LogP contribution in [-0.2, 0) is 14.3 Å². The molecule has 0 N–H and O–H groups in total. The van der Waals surface area contributed by atoms with Crippen LogP contribution >= 0.6 is 0 Å². The van der Waals surface area contributed by atoms with Crippen molar-refractivity contribution >= 4 is 11.8 Å². The highest BCUT2D eigenvalue weighted by Gasteiger charge is 2.34. The van der Waals surface area contributed by atoms with Crippen LogP contribution in [0, 0.1) is 11.8 Å². The number of carbonyl (C=O) groups excluding carboxylic acids is 2. The first-order valence-electron chi connectivity index (χ1n) is 7.74. The van der Waals surface area contributed by atoms with Crippen LogP contribution < -0.4 is 0 Å². The fourth-order valence-electron chi connectivity index (χ4n) is 3.91. The third kappa shape index (κ3) is 2.72. The predicted octanol–water partition coefficient (Wildman–Crippen LogP) is 3.34. The van der Waals surface area contributed by atoms with Crippen LogP contribution in [0.4, 0.5) is 0 Å². The maximum atomic E-state index is 12.4. The predicted molar refractivity (Wildman–Crippen MR) is 76.0 cm³/mol. The second kappa shape index (κ2) is 5.55. The molecule has 0 aromatic rings. The van der Waals surface area contributed by atoms with Gasteiger partial charge in [-0.2, -0.15) is 0 Å². The van der Waals surface area contributed by atoms with E-state index in [1.807, 2.05) is 6.08 Å². The van der Waals surface area contributed by atoms with Gasteiger partial charge >= 0.3 is 5.97 Å². The molecule has 1 fully saturated rings. The average molecular weight is 274 g/mol. The number of ether oxygens (including phenoxy) is 1.